The van der Waals surface area contributed by atoms with Crippen LogP contribution < -0.4 is 5.32 Å². The number of hydrogen-bond acceptors (Lipinski definition) is 2. The van der Waals surface area contributed by atoms with E-state index in [-0.39, 0.29) is 0 Å². The highest BCUT2D eigenvalue weighted by Gasteiger charge is 2.26. The molecule has 1 rings (SSSR count). The summed E-state index contributed by atoms with van der Waals surface area (Å²) in [4.78, 5) is 2.72. The van der Waals surface area contributed by atoms with Gasteiger partial charge in [0.1, 0.15) is 0 Å². The summed E-state index contributed by atoms with van der Waals surface area (Å²) in [5, 5.41) is 3.62. The van der Waals surface area contributed by atoms with E-state index in [4.69, 9.17) is 0 Å². The molecule has 2 heteroatoms. The molecule has 1 aliphatic heterocycles. The van der Waals surface area contributed by atoms with Gasteiger partial charge in [-0.2, -0.15) is 0 Å². The van der Waals surface area contributed by atoms with Crippen LogP contribution in [0.4, 0.5) is 0 Å². The predicted octanol–water partition coefficient (Wildman–Crippen LogP) is 3.13. The number of likely N-dealkylation sites (tertiary alicyclic amines) is 1. The molecule has 1 saturated heterocycles. The van der Waals surface area contributed by atoms with E-state index in [0.29, 0.717) is 0 Å². The van der Waals surface area contributed by atoms with Crippen LogP contribution in [0.25, 0.3) is 0 Å². The van der Waals surface area contributed by atoms with Gasteiger partial charge < -0.3 is 5.32 Å². The van der Waals surface area contributed by atoms with Crippen LogP contribution in [0, 0.1) is 11.8 Å². The van der Waals surface area contributed by atoms with Crippen molar-refractivity contribution in [1.82, 2.24) is 10.2 Å². The maximum absolute atomic E-state index is 3.62. The average Bonchev–Trinajstić information content (AvgIpc) is 2.73. The Balaban J connectivity index is 2.26. The Hall–Kier alpha value is -0.0800. The van der Waals surface area contributed by atoms with Crippen molar-refractivity contribution in [2.75, 3.05) is 26.2 Å². The van der Waals surface area contributed by atoms with E-state index in [1.54, 1.807) is 0 Å². The van der Waals surface area contributed by atoms with E-state index in [2.05, 4.69) is 37.9 Å². The monoisotopic (exact) mass is 240 g/mol. The Kier molecular flexibility index (Phi) is 7.14. The van der Waals surface area contributed by atoms with Gasteiger partial charge in [0.05, 0.1) is 0 Å². The van der Waals surface area contributed by atoms with Crippen LogP contribution in [0.1, 0.15) is 53.4 Å². The van der Waals surface area contributed by atoms with Crippen molar-refractivity contribution in [3.63, 3.8) is 0 Å². The molecule has 102 valence electrons. The Morgan fingerprint density at radius 3 is 2.59 bits per heavy atom. The molecule has 0 aromatic heterocycles. The zero-order valence-corrected chi connectivity index (χ0v) is 12.3. The highest BCUT2D eigenvalue weighted by molar-refractivity contribution is 4.82. The van der Waals surface area contributed by atoms with E-state index in [1.807, 2.05) is 0 Å². The normalized spacial score (nSPS) is 23.5. The Labute approximate surface area is 108 Å². The summed E-state index contributed by atoms with van der Waals surface area (Å²) in [5.74, 6) is 1.73. The van der Waals surface area contributed by atoms with Crippen molar-refractivity contribution in [2.45, 2.75) is 59.4 Å². The van der Waals surface area contributed by atoms with Crippen molar-refractivity contribution in [3.05, 3.63) is 0 Å². The van der Waals surface area contributed by atoms with Crippen molar-refractivity contribution in [1.29, 1.82) is 0 Å². The molecule has 1 N–H and O–H groups in total. The molecule has 0 aliphatic carbocycles. The zero-order valence-electron chi connectivity index (χ0n) is 12.3. The van der Waals surface area contributed by atoms with Gasteiger partial charge in [-0.15, -0.1) is 0 Å². The van der Waals surface area contributed by atoms with E-state index >= 15 is 0 Å². The minimum Gasteiger partial charge on any atom is -0.315 e. The summed E-state index contributed by atoms with van der Waals surface area (Å²) in [6, 6.07) is 0.760. The molecule has 0 spiro atoms. The van der Waals surface area contributed by atoms with Crippen LogP contribution in [0.2, 0.25) is 0 Å². The topological polar surface area (TPSA) is 15.3 Å². The Morgan fingerprint density at radius 1 is 1.24 bits per heavy atom. The predicted molar refractivity (Wildman–Crippen MR) is 76.4 cm³/mol. The van der Waals surface area contributed by atoms with Crippen LogP contribution in [0.5, 0.6) is 0 Å². The summed E-state index contributed by atoms with van der Waals surface area (Å²) in [6.45, 7) is 14.2. The third-order valence-electron chi connectivity index (χ3n) is 3.93. The van der Waals surface area contributed by atoms with Gasteiger partial charge in [-0.1, -0.05) is 34.1 Å². The molecular formula is C15H32N2. The van der Waals surface area contributed by atoms with Gasteiger partial charge in [0.25, 0.3) is 0 Å². The first-order valence-electron chi connectivity index (χ1n) is 7.62. The van der Waals surface area contributed by atoms with Gasteiger partial charge in [0.2, 0.25) is 0 Å². The summed E-state index contributed by atoms with van der Waals surface area (Å²) in [7, 11) is 0. The van der Waals surface area contributed by atoms with Crippen LogP contribution in [-0.2, 0) is 0 Å². The molecule has 0 radical (unpaired) electrons. The lowest BCUT2D eigenvalue weighted by molar-refractivity contribution is 0.218. The smallest absolute Gasteiger partial charge is 0.0218 e. The van der Waals surface area contributed by atoms with E-state index < -0.39 is 0 Å². The fourth-order valence-corrected chi connectivity index (χ4v) is 2.91. The lowest BCUT2D eigenvalue weighted by Gasteiger charge is -2.27. The van der Waals surface area contributed by atoms with Gasteiger partial charge in [0.15, 0.2) is 0 Å². The highest BCUT2D eigenvalue weighted by atomic mass is 15.2. The minimum absolute atomic E-state index is 0.760. The van der Waals surface area contributed by atoms with Crippen molar-refractivity contribution in [2.24, 2.45) is 11.8 Å². The van der Waals surface area contributed by atoms with Crippen LogP contribution in [0.15, 0.2) is 0 Å². The van der Waals surface area contributed by atoms with Gasteiger partial charge >= 0.3 is 0 Å². The fourth-order valence-electron chi connectivity index (χ4n) is 2.91. The third-order valence-corrected chi connectivity index (χ3v) is 3.93. The fraction of sp³-hybridized carbons (Fsp3) is 1.00. The Morgan fingerprint density at radius 2 is 2.00 bits per heavy atom. The molecule has 0 amide bonds. The molecular weight excluding hydrogens is 208 g/mol. The summed E-state index contributed by atoms with van der Waals surface area (Å²) in [6.07, 6.45) is 5.48. The first-order valence-corrected chi connectivity index (χ1v) is 7.62. The quantitative estimate of drug-likeness (QED) is 0.701. The van der Waals surface area contributed by atoms with Crippen LogP contribution >= 0.6 is 0 Å². The molecule has 2 nitrogen and oxygen atoms in total. The van der Waals surface area contributed by atoms with Gasteiger partial charge in [0, 0.05) is 19.1 Å². The second-order valence-corrected chi connectivity index (χ2v) is 6.05. The molecule has 2 unspecified atom stereocenters. The van der Waals surface area contributed by atoms with Crippen LogP contribution in [-0.4, -0.2) is 37.1 Å². The first kappa shape index (κ1) is 15.0. The largest absolute Gasteiger partial charge is 0.315 e. The second kappa shape index (κ2) is 8.10. The maximum atomic E-state index is 3.62. The van der Waals surface area contributed by atoms with Crippen molar-refractivity contribution < 1.29 is 0 Å². The maximum Gasteiger partial charge on any atom is 0.0218 e. The molecule has 0 bridgehead atoms. The zero-order chi connectivity index (χ0) is 12.7. The molecule has 17 heavy (non-hydrogen) atoms. The van der Waals surface area contributed by atoms with E-state index in [1.165, 1.54) is 45.3 Å². The van der Waals surface area contributed by atoms with Crippen molar-refractivity contribution >= 4 is 0 Å². The molecule has 0 saturated carbocycles. The Bertz CT molecular complexity index is 191. The highest BCUT2D eigenvalue weighted by Crippen LogP contribution is 2.23. The minimum atomic E-state index is 0.760. The molecule has 2 atom stereocenters. The molecule has 0 aromatic rings. The summed E-state index contributed by atoms with van der Waals surface area (Å²) >= 11 is 0. The molecule has 1 heterocycles. The van der Waals surface area contributed by atoms with E-state index in [0.717, 1.165) is 24.4 Å². The standard InChI is InChI=1S/C15H32N2/c1-5-7-14-8-9-17(12-14)15(6-2)11-16-10-13(3)4/h13-16H,5-12H2,1-4H3. The van der Waals surface area contributed by atoms with Gasteiger partial charge in [-0.3, -0.25) is 4.90 Å². The molecule has 1 aliphatic rings. The first-order chi connectivity index (χ1) is 8.17. The van der Waals surface area contributed by atoms with Gasteiger partial charge in [-0.25, -0.2) is 0 Å². The van der Waals surface area contributed by atoms with Crippen LogP contribution in [0.3, 0.4) is 0 Å². The number of hydrogen-bond donors (Lipinski definition) is 1. The van der Waals surface area contributed by atoms with E-state index in [9.17, 15) is 0 Å². The summed E-state index contributed by atoms with van der Waals surface area (Å²) in [5.41, 5.74) is 0. The molecule has 0 aromatic carbocycles. The average molecular weight is 240 g/mol. The number of nitrogens with zero attached hydrogens (tertiary/aromatic N) is 1. The number of rotatable bonds is 8. The SMILES string of the molecule is CCCC1CCN(C(CC)CNCC(C)C)C1. The lowest BCUT2D eigenvalue weighted by Crippen LogP contribution is -2.41. The summed E-state index contributed by atoms with van der Waals surface area (Å²) < 4.78 is 0. The third kappa shape index (κ3) is 5.39. The van der Waals surface area contributed by atoms with Crippen molar-refractivity contribution in [3.8, 4) is 0 Å². The van der Waals surface area contributed by atoms with Gasteiger partial charge in [-0.05, 0) is 44.2 Å². The molecule has 1 fully saturated rings. The second-order valence-electron chi connectivity index (χ2n) is 6.05. The number of nitrogens with one attached hydrogen (secondary N) is 1. The lowest BCUT2D eigenvalue weighted by atomic mass is 10.0.